The first kappa shape index (κ1) is 25.9. The largest absolute Gasteiger partial charge is 0.490 e. The fraction of sp³-hybridized carbons (Fsp3) is 0.500. The van der Waals surface area contributed by atoms with E-state index in [9.17, 15) is 8.78 Å². The maximum atomic E-state index is 12.5. The molecule has 0 radical (unpaired) electrons. The molecule has 0 atom stereocenters. The van der Waals surface area contributed by atoms with Crippen LogP contribution in [0.4, 0.5) is 8.78 Å². The first-order valence-electron chi connectivity index (χ1n) is 9.61. The summed E-state index contributed by atoms with van der Waals surface area (Å²) in [6.07, 6.45) is 0. The lowest BCUT2D eigenvalue weighted by Gasteiger charge is -2.13. The zero-order valence-electron chi connectivity index (χ0n) is 17.6. The quantitative estimate of drug-likeness (QED) is 0.260. The van der Waals surface area contributed by atoms with Crippen LogP contribution in [0.1, 0.15) is 50.6 Å². The third-order valence-electron chi connectivity index (χ3n) is 3.89. The van der Waals surface area contributed by atoms with E-state index in [1.165, 1.54) is 6.07 Å². The Kier molecular flexibility index (Phi) is 11.4. The first-order chi connectivity index (χ1) is 13.9. The van der Waals surface area contributed by atoms with Gasteiger partial charge in [0, 0.05) is 12.6 Å². The van der Waals surface area contributed by atoms with Crippen molar-refractivity contribution in [3.05, 3.63) is 41.3 Å². The van der Waals surface area contributed by atoms with E-state index in [-0.39, 0.29) is 35.5 Å². The van der Waals surface area contributed by atoms with Gasteiger partial charge in [0.2, 0.25) is 0 Å². The monoisotopic (exact) mass is 538 g/mol. The molecule has 0 saturated heterocycles. The van der Waals surface area contributed by atoms with Gasteiger partial charge in [-0.1, -0.05) is 25.1 Å². The van der Waals surface area contributed by atoms with Crippen LogP contribution in [-0.2, 0) is 13.1 Å². The summed E-state index contributed by atoms with van der Waals surface area (Å²) in [6.45, 7) is 6.73. The van der Waals surface area contributed by atoms with Gasteiger partial charge in [-0.05, 0) is 37.5 Å². The zero-order chi connectivity index (χ0) is 21.2. The summed E-state index contributed by atoms with van der Waals surface area (Å²) in [7, 11) is 0. The van der Waals surface area contributed by atoms with Gasteiger partial charge in [0.25, 0.3) is 0 Å². The molecule has 2 rings (SSSR count). The van der Waals surface area contributed by atoms with Crippen LogP contribution in [0.5, 0.6) is 11.5 Å². The van der Waals surface area contributed by atoms with Gasteiger partial charge in [-0.15, -0.1) is 24.0 Å². The molecule has 1 aromatic heterocycles. The summed E-state index contributed by atoms with van der Waals surface area (Å²) >= 11 is 0. The SMILES string of the molecule is CCNC(=NCc1ccc(OC(F)F)c(OCC)c1)NCc1cc(C(C)C)no1.I. The Morgan fingerprint density at radius 3 is 2.53 bits per heavy atom. The van der Waals surface area contributed by atoms with E-state index in [0.717, 1.165) is 11.3 Å². The zero-order valence-corrected chi connectivity index (χ0v) is 19.9. The molecule has 0 unspecified atom stereocenters. The van der Waals surface area contributed by atoms with Gasteiger partial charge in [0.05, 0.1) is 25.4 Å². The third-order valence-corrected chi connectivity index (χ3v) is 3.89. The average Bonchev–Trinajstić information content (AvgIpc) is 3.15. The van der Waals surface area contributed by atoms with Gasteiger partial charge in [-0.3, -0.25) is 0 Å². The molecule has 2 aromatic rings. The number of alkyl halides is 2. The minimum absolute atomic E-state index is 0. The molecule has 0 aliphatic heterocycles. The number of guanidine groups is 1. The molecule has 10 heteroatoms. The normalized spacial score (nSPS) is 11.4. The van der Waals surface area contributed by atoms with Crippen LogP contribution in [0.3, 0.4) is 0 Å². The number of hydrogen-bond acceptors (Lipinski definition) is 5. The maximum absolute atomic E-state index is 12.5. The molecule has 0 spiro atoms. The van der Waals surface area contributed by atoms with E-state index >= 15 is 0 Å². The number of rotatable bonds is 10. The van der Waals surface area contributed by atoms with Gasteiger partial charge in [0.15, 0.2) is 23.2 Å². The Morgan fingerprint density at radius 2 is 1.93 bits per heavy atom. The topological polar surface area (TPSA) is 80.9 Å². The molecule has 0 fully saturated rings. The summed E-state index contributed by atoms with van der Waals surface area (Å²) in [5.74, 6) is 1.88. The van der Waals surface area contributed by atoms with Gasteiger partial charge >= 0.3 is 6.61 Å². The second-order valence-corrected chi connectivity index (χ2v) is 6.51. The smallest absolute Gasteiger partial charge is 0.387 e. The van der Waals surface area contributed by atoms with Gasteiger partial charge in [-0.2, -0.15) is 8.78 Å². The number of aliphatic imine (C=N–C) groups is 1. The van der Waals surface area contributed by atoms with E-state index in [0.29, 0.717) is 43.9 Å². The lowest BCUT2D eigenvalue weighted by Crippen LogP contribution is -2.36. The van der Waals surface area contributed by atoms with Crippen LogP contribution < -0.4 is 20.1 Å². The summed E-state index contributed by atoms with van der Waals surface area (Å²) in [4.78, 5) is 4.52. The number of ether oxygens (including phenoxy) is 2. The highest BCUT2D eigenvalue weighted by Gasteiger charge is 2.12. The van der Waals surface area contributed by atoms with Crippen molar-refractivity contribution in [1.82, 2.24) is 15.8 Å². The van der Waals surface area contributed by atoms with Gasteiger partial charge in [-0.25, -0.2) is 4.99 Å². The van der Waals surface area contributed by atoms with Crippen molar-refractivity contribution in [3.8, 4) is 11.5 Å². The summed E-state index contributed by atoms with van der Waals surface area (Å²) in [5, 5.41) is 10.4. The van der Waals surface area contributed by atoms with Crippen molar-refractivity contribution in [2.45, 2.75) is 53.3 Å². The minimum atomic E-state index is -2.91. The molecule has 0 amide bonds. The highest BCUT2D eigenvalue weighted by molar-refractivity contribution is 14.0. The average molecular weight is 538 g/mol. The van der Waals surface area contributed by atoms with Crippen molar-refractivity contribution in [1.29, 1.82) is 0 Å². The fourth-order valence-corrected chi connectivity index (χ4v) is 2.48. The molecule has 7 nitrogen and oxygen atoms in total. The molecule has 2 N–H and O–H groups in total. The summed E-state index contributed by atoms with van der Waals surface area (Å²) in [5.41, 5.74) is 1.70. The van der Waals surface area contributed by atoms with E-state index in [2.05, 4.69) is 39.4 Å². The Morgan fingerprint density at radius 1 is 1.17 bits per heavy atom. The molecular formula is C20H29F2IN4O3. The Labute approximate surface area is 192 Å². The number of nitrogens with one attached hydrogen (secondary N) is 2. The Balaban J connectivity index is 0.00000450. The summed E-state index contributed by atoms with van der Waals surface area (Å²) in [6, 6.07) is 6.71. The number of hydrogen-bond donors (Lipinski definition) is 2. The number of halogens is 3. The number of nitrogens with zero attached hydrogens (tertiary/aromatic N) is 2. The summed E-state index contributed by atoms with van der Waals surface area (Å²) < 4.78 is 40.3. The second kappa shape index (κ2) is 13.2. The number of benzene rings is 1. The van der Waals surface area contributed by atoms with Crippen molar-refractivity contribution in [2.75, 3.05) is 13.2 Å². The van der Waals surface area contributed by atoms with Crippen LogP contribution in [-0.4, -0.2) is 30.9 Å². The van der Waals surface area contributed by atoms with Crippen molar-refractivity contribution in [2.24, 2.45) is 4.99 Å². The lowest BCUT2D eigenvalue weighted by atomic mass is 10.1. The van der Waals surface area contributed by atoms with E-state index in [1.54, 1.807) is 19.1 Å². The lowest BCUT2D eigenvalue weighted by molar-refractivity contribution is -0.0514. The van der Waals surface area contributed by atoms with E-state index in [4.69, 9.17) is 9.26 Å². The molecule has 0 bridgehead atoms. The molecule has 1 heterocycles. The van der Waals surface area contributed by atoms with E-state index in [1.807, 2.05) is 13.0 Å². The Hall–Kier alpha value is -2.11. The van der Waals surface area contributed by atoms with Crippen LogP contribution in [0, 0.1) is 0 Å². The molecule has 0 aliphatic carbocycles. The van der Waals surface area contributed by atoms with Crippen LogP contribution in [0.2, 0.25) is 0 Å². The van der Waals surface area contributed by atoms with Crippen molar-refractivity contribution in [3.63, 3.8) is 0 Å². The van der Waals surface area contributed by atoms with Crippen LogP contribution in [0.25, 0.3) is 0 Å². The third kappa shape index (κ3) is 8.33. The standard InChI is InChI=1S/C20H28F2N4O3.HI/c1-5-23-20(25-12-15-10-16(13(3)4)26-29-15)24-11-14-7-8-17(28-19(21)22)18(9-14)27-6-2;/h7-10,13,19H,5-6,11-12H2,1-4H3,(H2,23,24,25);1H. The minimum Gasteiger partial charge on any atom is -0.490 e. The highest BCUT2D eigenvalue weighted by atomic mass is 127. The van der Waals surface area contributed by atoms with Crippen LogP contribution >= 0.6 is 24.0 Å². The second-order valence-electron chi connectivity index (χ2n) is 6.51. The fourth-order valence-electron chi connectivity index (χ4n) is 2.48. The predicted octanol–water partition coefficient (Wildman–Crippen LogP) is 4.67. The molecule has 30 heavy (non-hydrogen) atoms. The molecular weight excluding hydrogens is 509 g/mol. The Bertz CT molecular complexity index is 800. The highest BCUT2D eigenvalue weighted by Crippen LogP contribution is 2.30. The molecule has 0 saturated carbocycles. The molecule has 1 aromatic carbocycles. The molecule has 168 valence electrons. The van der Waals surface area contributed by atoms with Gasteiger partial charge in [0.1, 0.15) is 0 Å². The van der Waals surface area contributed by atoms with E-state index < -0.39 is 6.61 Å². The van der Waals surface area contributed by atoms with Crippen LogP contribution in [0.15, 0.2) is 33.8 Å². The van der Waals surface area contributed by atoms with Gasteiger partial charge < -0.3 is 24.6 Å². The predicted molar refractivity (Wildman–Crippen MR) is 122 cm³/mol. The molecule has 0 aliphatic rings. The van der Waals surface area contributed by atoms with Crippen molar-refractivity contribution >= 4 is 29.9 Å². The maximum Gasteiger partial charge on any atom is 0.387 e. The number of aromatic nitrogens is 1. The van der Waals surface area contributed by atoms with Crippen molar-refractivity contribution < 1.29 is 22.8 Å². The first-order valence-corrected chi connectivity index (χ1v) is 9.61.